The molecule has 1 rings (SSSR count). The Kier molecular flexibility index (Phi) is 4.89. The number of carbonyl (C=O) groups is 1. The maximum atomic E-state index is 12.1. The summed E-state index contributed by atoms with van der Waals surface area (Å²) in [4.78, 5) is 12.7. The fourth-order valence-electron chi connectivity index (χ4n) is 1.28. The largest absolute Gasteiger partial charge is 0.345 e. The van der Waals surface area contributed by atoms with Crippen LogP contribution in [-0.2, 0) is 0 Å². The molecule has 0 saturated heterocycles. The molecule has 0 aliphatic heterocycles. The van der Waals surface area contributed by atoms with Crippen LogP contribution in [-0.4, -0.2) is 26.9 Å². The Balaban J connectivity index is 2.87. The molecule has 1 aromatic rings. The molecule has 4 nitrogen and oxygen atoms in total. The molecule has 0 aliphatic carbocycles. The molecule has 17 heavy (non-hydrogen) atoms. The fraction of sp³-hybridized carbons (Fsp3) is 0.727. The van der Waals surface area contributed by atoms with Gasteiger partial charge in [-0.05, 0) is 30.8 Å². The van der Waals surface area contributed by atoms with Crippen LogP contribution in [0.2, 0.25) is 0 Å². The summed E-state index contributed by atoms with van der Waals surface area (Å²) in [6.07, 6.45) is 0.783. The Bertz CT molecular complexity index is 388. The van der Waals surface area contributed by atoms with E-state index in [0.717, 1.165) is 23.6 Å². The van der Waals surface area contributed by atoms with Crippen LogP contribution in [0.15, 0.2) is 0 Å². The maximum absolute atomic E-state index is 12.1. The highest BCUT2D eigenvalue weighted by molar-refractivity contribution is 7.08. The van der Waals surface area contributed by atoms with E-state index in [4.69, 9.17) is 11.6 Å². The number of aromatic nitrogens is 2. The zero-order chi connectivity index (χ0) is 13.1. The molecule has 1 unspecified atom stereocenters. The summed E-state index contributed by atoms with van der Waals surface area (Å²) in [6, 6.07) is 0. The van der Waals surface area contributed by atoms with Gasteiger partial charge in [-0.25, -0.2) is 0 Å². The van der Waals surface area contributed by atoms with Gasteiger partial charge in [-0.1, -0.05) is 25.3 Å². The molecule has 0 aromatic carbocycles. The standard InChI is InChI=1S/C11H18ClN3OS/c1-5-11(4,6-12)13-10(16)9-8(7(2)3)14-15-17-9/h7H,5-6H2,1-4H3,(H,13,16). The monoisotopic (exact) mass is 275 g/mol. The number of rotatable bonds is 5. The van der Waals surface area contributed by atoms with Crippen molar-refractivity contribution in [3.05, 3.63) is 10.6 Å². The van der Waals surface area contributed by atoms with E-state index in [0.29, 0.717) is 10.8 Å². The molecular formula is C11H18ClN3OS. The van der Waals surface area contributed by atoms with E-state index in [1.54, 1.807) is 0 Å². The quantitative estimate of drug-likeness (QED) is 0.841. The normalized spacial score (nSPS) is 14.7. The number of carbonyl (C=O) groups excluding carboxylic acids is 1. The van der Waals surface area contributed by atoms with Crippen molar-refractivity contribution in [1.29, 1.82) is 0 Å². The molecule has 1 amide bonds. The molecule has 0 bridgehead atoms. The Morgan fingerprint density at radius 2 is 2.24 bits per heavy atom. The smallest absolute Gasteiger partial charge is 0.265 e. The van der Waals surface area contributed by atoms with Gasteiger partial charge in [0.2, 0.25) is 0 Å². The lowest BCUT2D eigenvalue weighted by molar-refractivity contribution is 0.0915. The van der Waals surface area contributed by atoms with Gasteiger partial charge in [0.25, 0.3) is 5.91 Å². The van der Waals surface area contributed by atoms with Gasteiger partial charge in [-0.3, -0.25) is 4.79 Å². The maximum Gasteiger partial charge on any atom is 0.265 e. The van der Waals surface area contributed by atoms with Crippen molar-refractivity contribution >= 4 is 29.0 Å². The van der Waals surface area contributed by atoms with Crippen molar-refractivity contribution in [1.82, 2.24) is 14.9 Å². The number of nitrogens with zero attached hydrogens (tertiary/aromatic N) is 2. The zero-order valence-corrected chi connectivity index (χ0v) is 12.2. The molecule has 6 heteroatoms. The van der Waals surface area contributed by atoms with Crippen molar-refractivity contribution in [2.45, 2.75) is 45.6 Å². The molecule has 96 valence electrons. The van der Waals surface area contributed by atoms with E-state index in [1.807, 2.05) is 27.7 Å². The van der Waals surface area contributed by atoms with E-state index in [1.165, 1.54) is 0 Å². The number of nitrogens with one attached hydrogen (secondary N) is 1. The van der Waals surface area contributed by atoms with Crippen LogP contribution in [0.4, 0.5) is 0 Å². The highest BCUT2D eigenvalue weighted by Gasteiger charge is 2.27. The molecule has 0 radical (unpaired) electrons. The van der Waals surface area contributed by atoms with Gasteiger partial charge >= 0.3 is 0 Å². The molecule has 0 aliphatic rings. The third-order valence-corrected chi connectivity index (χ3v) is 4.09. The average molecular weight is 276 g/mol. The molecule has 0 fully saturated rings. The lowest BCUT2D eigenvalue weighted by Gasteiger charge is -2.26. The van der Waals surface area contributed by atoms with Crippen LogP contribution in [0.5, 0.6) is 0 Å². The van der Waals surface area contributed by atoms with Gasteiger partial charge in [0.05, 0.1) is 11.2 Å². The highest BCUT2D eigenvalue weighted by Crippen LogP contribution is 2.21. The third kappa shape index (κ3) is 3.39. The Labute approximate surface area is 111 Å². The second kappa shape index (κ2) is 5.78. The van der Waals surface area contributed by atoms with Gasteiger partial charge in [0.15, 0.2) is 0 Å². The topological polar surface area (TPSA) is 54.9 Å². The zero-order valence-electron chi connectivity index (χ0n) is 10.6. The second-order valence-electron chi connectivity index (χ2n) is 4.64. The van der Waals surface area contributed by atoms with Crippen molar-refractivity contribution in [3.8, 4) is 0 Å². The van der Waals surface area contributed by atoms with Crippen LogP contribution in [0.1, 0.15) is 55.4 Å². The predicted molar refractivity (Wildman–Crippen MR) is 70.9 cm³/mol. The predicted octanol–water partition coefficient (Wildman–Crippen LogP) is 2.80. The first kappa shape index (κ1) is 14.4. The minimum Gasteiger partial charge on any atom is -0.345 e. The van der Waals surface area contributed by atoms with Crippen LogP contribution in [0.3, 0.4) is 0 Å². The first-order valence-corrected chi connectivity index (χ1v) is 6.95. The van der Waals surface area contributed by atoms with Crippen LogP contribution in [0, 0.1) is 0 Å². The first-order chi connectivity index (χ1) is 7.93. The van der Waals surface area contributed by atoms with Gasteiger partial charge in [0.1, 0.15) is 4.88 Å². The van der Waals surface area contributed by atoms with Gasteiger partial charge in [0, 0.05) is 5.88 Å². The molecule has 1 aromatic heterocycles. The average Bonchev–Trinajstić information content (AvgIpc) is 2.77. The number of hydrogen-bond acceptors (Lipinski definition) is 4. The number of amides is 1. The minimum atomic E-state index is -0.378. The second-order valence-corrected chi connectivity index (χ2v) is 5.67. The van der Waals surface area contributed by atoms with Gasteiger partial charge in [-0.15, -0.1) is 16.7 Å². The Morgan fingerprint density at radius 3 is 2.71 bits per heavy atom. The number of hydrogen-bond donors (Lipinski definition) is 1. The molecule has 1 atom stereocenters. The number of halogens is 1. The molecular weight excluding hydrogens is 258 g/mol. The van der Waals surface area contributed by atoms with E-state index < -0.39 is 0 Å². The fourth-order valence-corrected chi connectivity index (χ4v) is 2.25. The minimum absolute atomic E-state index is 0.131. The highest BCUT2D eigenvalue weighted by atomic mass is 35.5. The SMILES string of the molecule is CCC(C)(CCl)NC(=O)c1snnc1C(C)C. The van der Waals surface area contributed by atoms with E-state index in [2.05, 4.69) is 14.9 Å². The third-order valence-electron chi connectivity index (χ3n) is 2.76. The number of alkyl halides is 1. The lowest BCUT2D eigenvalue weighted by Crippen LogP contribution is -2.47. The molecule has 1 heterocycles. The van der Waals surface area contributed by atoms with Crippen LogP contribution < -0.4 is 5.32 Å². The van der Waals surface area contributed by atoms with E-state index in [-0.39, 0.29) is 17.4 Å². The van der Waals surface area contributed by atoms with Crippen molar-refractivity contribution in [3.63, 3.8) is 0 Å². The summed E-state index contributed by atoms with van der Waals surface area (Å²) >= 11 is 7.01. The Morgan fingerprint density at radius 1 is 1.59 bits per heavy atom. The van der Waals surface area contributed by atoms with E-state index >= 15 is 0 Å². The summed E-state index contributed by atoms with van der Waals surface area (Å²) in [5.74, 6) is 0.450. The summed E-state index contributed by atoms with van der Waals surface area (Å²) in [6.45, 7) is 7.92. The summed E-state index contributed by atoms with van der Waals surface area (Å²) in [5.41, 5.74) is 0.372. The van der Waals surface area contributed by atoms with Gasteiger partial charge in [-0.2, -0.15) is 0 Å². The summed E-state index contributed by atoms with van der Waals surface area (Å²) in [5, 5.41) is 6.94. The van der Waals surface area contributed by atoms with Crippen LogP contribution in [0.25, 0.3) is 0 Å². The van der Waals surface area contributed by atoms with Gasteiger partial charge < -0.3 is 5.32 Å². The van der Waals surface area contributed by atoms with E-state index in [9.17, 15) is 4.79 Å². The molecule has 0 saturated carbocycles. The lowest BCUT2D eigenvalue weighted by atomic mass is 10.0. The van der Waals surface area contributed by atoms with Crippen molar-refractivity contribution in [2.75, 3.05) is 5.88 Å². The molecule has 1 N–H and O–H groups in total. The molecule has 0 spiro atoms. The van der Waals surface area contributed by atoms with Crippen LogP contribution >= 0.6 is 23.1 Å². The summed E-state index contributed by atoms with van der Waals surface area (Å²) < 4.78 is 3.84. The summed E-state index contributed by atoms with van der Waals surface area (Å²) in [7, 11) is 0. The first-order valence-electron chi connectivity index (χ1n) is 5.64. The van der Waals surface area contributed by atoms with Crippen molar-refractivity contribution in [2.24, 2.45) is 0 Å². The van der Waals surface area contributed by atoms with Crippen molar-refractivity contribution < 1.29 is 4.79 Å². The Hall–Kier alpha value is -0.680.